The first-order chi connectivity index (χ1) is 9.93. The second-order valence-electron chi connectivity index (χ2n) is 4.67. The van der Waals surface area contributed by atoms with Gasteiger partial charge in [-0.1, -0.05) is 23.2 Å². The third-order valence-electron chi connectivity index (χ3n) is 3.11. The fourth-order valence-electron chi connectivity index (χ4n) is 2.14. The minimum Gasteiger partial charge on any atom is -0.396 e. The van der Waals surface area contributed by atoms with Crippen molar-refractivity contribution in [2.45, 2.75) is 25.5 Å². The minimum absolute atomic E-state index is 0.0250. The number of aliphatic hydroxyl groups is 2. The number of hydrogen-bond donors (Lipinski definition) is 3. The average Bonchev–Trinajstić information content (AvgIpc) is 2.39. The predicted molar refractivity (Wildman–Crippen MR) is 81.2 cm³/mol. The Morgan fingerprint density at radius 1 is 1.29 bits per heavy atom. The highest BCUT2D eigenvalue weighted by molar-refractivity contribution is 6.38. The zero-order chi connectivity index (χ0) is 15.6. The summed E-state index contributed by atoms with van der Waals surface area (Å²) in [4.78, 5) is 26.0. The van der Waals surface area contributed by atoms with Crippen LogP contribution in [0.3, 0.4) is 0 Å². The average molecular weight is 333 g/mol. The Bertz CT molecular complexity index is 769. The third kappa shape index (κ3) is 3.47. The van der Waals surface area contributed by atoms with E-state index >= 15 is 0 Å². The molecule has 0 saturated heterocycles. The van der Waals surface area contributed by atoms with Crippen LogP contribution in [0.1, 0.15) is 12.8 Å². The number of nitrogens with one attached hydrogen (secondary N) is 1. The van der Waals surface area contributed by atoms with Gasteiger partial charge in [-0.2, -0.15) is 0 Å². The summed E-state index contributed by atoms with van der Waals surface area (Å²) in [6.45, 7) is -0.0707. The molecule has 2 aromatic rings. The minimum atomic E-state index is -0.832. The summed E-state index contributed by atoms with van der Waals surface area (Å²) in [6.07, 6.45) is -0.0852. The second-order valence-corrected chi connectivity index (χ2v) is 5.51. The van der Waals surface area contributed by atoms with E-state index in [4.69, 9.17) is 28.3 Å². The van der Waals surface area contributed by atoms with Crippen molar-refractivity contribution in [2.75, 3.05) is 6.61 Å². The van der Waals surface area contributed by atoms with Crippen LogP contribution < -0.4 is 11.2 Å². The number of aliphatic hydroxyl groups excluding tert-OH is 2. The van der Waals surface area contributed by atoms with Crippen LogP contribution in [0.15, 0.2) is 21.7 Å². The quantitative estimate of drug-likeness (QED) is 0.764. The van der Waals surface area contributed by atoms with Gasteiger partial charge in [0.2, 0.25) is 0 Å². The zero-order valence-electron chi connectivity index (χ0n) is 11.0. The summed E-state index contributed by atoms with van der Waals surface area (Å²) in [7, 11) is 0. The van der Waals surface area contributed by atoms with Crippen molar-refractivity contribution in [3.05, 3.63) is 43.0 Å². The number of rotatable bonds is 5. The highest BCUT2D eigenvalue weighted by Crippen LogP contribution is 2.24. The fourth-order valence-corrected chi connectivity index (χ4v) is 2.71. The topological polar surface area (TPSA) is 95.3 Å². The number of aromatic amines is 1. The second kappa shape index (κ2) is 6.62. The maximum atomic E-state index is 11.9. The standard InChI is InChI=1S/C13H14Cl2N2O4/c14-7-4-9(15)11-10(5-7)17(13(21)16-12(11)20)6-8(19)2-1-3-18/h4-5,8,18-19H,1-3,6H2,(H,16,20,21). The van der Waals surface area contributed by atoms with Crippen molar-refractivity contribution in [1.29, 1.82) is 0 Å². The Morgan fingerprint density at radius 2 is 2.00 bits per heavy atom. The van der Waals surface area contributed by atoms with E-state index in [2.05, 4.69) is 4.98 Å². The van der Waals surface area contributed by atoms with E-state index in [1.165, 1.54) is 16.7 Å². The molecule has 0 radical (unpaired) electrons. The molecule has 1 heterocycles. The fraction of sp³-hybridized carbons (Fsp3) is 0.385. The number of benzene rings is 1. The zero-order valence-corrected chi connectivity index (χ0v) is 12.5. The highest BCUT2D eigenvalue weighted by Gasteiger charge is 2.14. The molecule has 0 amide bonds. The van der Waals surface area contributed by atoms with Crippen LogP contribution in [-0.4, -0.2) is 32.5 Å². The summed E-state index contributed by atoms with van der Waals surface area (Å²) >= 11 is 11.9. The van der Waals surface area contributed by atoms with Gasteiger partial charge < -0.3 is 10.2 Å². The first-order valence-electron chi connectivity index (χ1n) is 6.35. The maximum absolute atomic E-state index is 11.9. The van der Waals surface area contributed by atoms with Crippen LogP contribution in [0, 0.1) is 0 Å². The summed E-state index contributed by atoms with van der Waals surface area (Å²) < 4.78 is 1.22. The Balaban J connectivity index is 2.57. The van der Waals surface area contributed by atoms with Crippen molar-refractivity contribution in [3.63, 3.8) is 0 Å². The molecule has 0 bridgehead atoms. The summed E-state index contributed by atoms with van der Waals surface area (Å²) in [5.41, 5.74) is -0.976. The summed E-state index contributed by atoms with van der Waals surface area (Å²) in [5.74, 6) is 0. The Labute approximate surface area is 129 Å². The molecule has 0 aliphatic heterocycles. The van der Waals surface area contributed by atoms with Crippen LogP contribution in [0.4, 0.5) is 0 Å². The van der Waals surface area contributed by atoms with Gasteiger partial charge in [-0.3, -0.25) is 14.3 Å². The molecule has 0 fully saturated rings. The van der Waals surface area contributed by atoms with E-state index in [-0.39, 0.29) is 34.1 Å². The molecule has 0 aliphatic carbocycles. The number of hydrogen-bond acceptors (Lipinski definition) is 4. The predicted octanol–water partition coefficient (Wildman–Crippen LogP) is 1.13. The van der Waals surface area contributed by atoms with Crippen molar-refractivity contribution in [2.24, 2.45) is 0 Å². The molecule has 114 valence electrons. The van der Waals surface area contributed by atoms with E-state index in [9.17, 15) is 14.7 Å². The molecule has 0 aliphatic rings. The lowest BCUT2D eigenvalue weighted by Gasteiger charge is -2.14. The molecule has 21 heavy (non-hydrogen) atoms. The molecule has 2 rings (SSSR count). The van der Waals surface area contributed by atoms with Crippen molar-refractivity contribution < 1.29 is 10.2 Å². The van der Waals surface area contributed by atoms with E-state index < -0.39 is 17.4 Å². The van der Waals surface area contributed by atoms with Crippen molar-refractivity contribution >= 4 is 34.1 Å². The molecular weight excluding hydrogens is 319 g/mol. The van der Waals surface area contributed by atoms with E-state index in [1.807, 2.05) is 0 Å². The Morgan fingerprint density at radius 3 is 2.67 bits per heavy atom. The van der Waals surface area contributed by atoms with Gasteiger partial charge in [-0.25, -0.2) is 4.79 Å². The summed E-state index contributed by atoms with van der Waals surface area (Å²) in [5, 5.41) is 19.2. The van der Waals surface area contributed by atoms with Crippen LogP contribution in [0.2, 0.25) is 10.0 Å². The Hall–Kier alpha value is -1.34. The molecule has 0 saturated carbocycles. The molecule has 0 spiro atoms. The van der Waals surface area contributed by atoms with Crippen LogP contribution in [0.25, 0.3) is 10.9 Å². The first kappa shape index (κ1) is 16.0. The monoisotopic (exact) mass is 332 g/mol. The number of halogens is 2. The van der Waals surface area contributed by atoms with Gasteiger partial charge in [0.15, 0.2) is 0 Å². The molecule has 3 N–H and O–H groups in total. The normalized spacial score (nSPS) is 12.8. The van der Waals surface area contributed by atoms with E-state index in [1.54, 1.807) is 0 Å². The largest absolute Gasteiger partial charge is 0.396 e. The van der Waals surface area contributed by atoms with Gasteiger partial charge in [-0.15, -0.1) is 0 Å². The lowest BCUT2D eigenvalue weighted by Crippen LogP contribution is -2.33. The van der Waals surface area contributed by atoms with Gasteiger partial charge in [0, 0.05) is 11.6 Å². The van der Waals surface area contributed by atoms with Gasteiger partial charge in [0.25, 0.3) is 5.56 Å². The lowest BCUT2D eigenvalue weighted by atomic mass is 10.2. The smallest absolute Gasteiger partial charge is 0.328 e. The van der Waals surface area contributed by atoms with Gasteiger partial charge >= 0.3 is 5.69 Å². The van der Waals surface area contributed by atoms with Gasteiger partial charge in [0.05, 0.1) is 28.6 Å². The van der Waals surface area contributed by atoms with Gasteiger partial charge in [0.1, 0.15) is 0 Å². The molecule has 1 aromatic carbocycles. The van der Waals surface area contributed by atoms with Crippen LogP contribution in [0.5, 0.6) is 0 Å². The highest BCUT2D eigenvalue weighted by atomic mass is 35.5. The van der Waals surface area contributed by atoms with Crippen molar-refractivity contribution in [1.82, 2.24) is 9.55 Å². The van der Waals surface area contributed by atoms with E-state index in [0.717, 1.165) is 0 Å². The van der Waals surface area contributed by atoms with Crippen LogP contribution >= 0.6 is 23.2 Å². The van der Waals surface area contributed by atoms with Gasteiger partial charge in [-0.05, 0) is 25.0 Å². The summed E-state index contributed by atoms with van der Waals surface area (Å²) in [6, 6.07) is 2.87. The third-order valence-corrected chi connectivity index (χ3v) is 3.62. The molecule has 8 heteroatoms. The molecule has 6 nitrogen and oxygen atoms in total. The number of nitrogens with zero attached hydrogens (tertiary/aromatic N) is 1. The molecule has 1 unspecified atom stereocenters. The number of aromatic nitrogens is 2. The molecule has 1 aromatic heterocycles. The van der Waals surface area contributed by atoms with E-state index in [0.29, 0.717) is 12.8 Å². The molecule has 1 atom stereocenters. The number of fused-ring (bicyclic) bond motifs is 1. The Kier molecular flexibility index (Phi) is 5.05. The lowest BCUT2D eigenvalue weighted by molar-refractivity contribution is 0.132. The maximum Gasteiger partial charge on any atom is 0.328 e. The molecular formula is C13H14Cl2N2O4. The SMILES string of the molecule is O=c1[nH]c(=O)n(CC(O)CCCO)c2cc(Cl)cc(Cl)c12. The van der Waals surface area contributed by atoms with Crippen molar-refractivity contribution in [3.8, 4) is 0 Å². The van der Waals surface area contributed by atoms with Crippen LogP contribution in [-0.2, 0) is 6.54 Å². The first-order valence-corrected chi connectivity index (χ1v) is 7.10. The number of H-pyrrole nitrogens is 1.